The van der Waals surface area contributed by atoms with E-state index in [-0.39, 0.29) is 17.7 Å². The Kier molecular flexibility index (Phi) is 6.74. The number of carbonyl (C=O) groups excluding carboxylic acids is 1. The molecule has 0 aliphatic heterocycles. The van der Waals surface area contributed by atoms with Crippen molar-refractivity contribution < 1.29 is 28.0 Å². The second-order valence-corrected chi connectivity index (χ2v) is 6.25. The lowest BCUT2D eigenvalue weighted by Gasteiger charge is -2.23. The van der Waals surface area contributed by atoms with Crippen LogP contribution in [-0.2, 0) is 17.4 Å². The van der Waals surface area contributed by atoms with Gasteiger partial charge < -0.3 is 10.4 Å². The van der Waals surface area contributed by atoms with E-state index in [1.165, 1.54) is 30.3 Å². The number of nitrogens with one attached hydrogen (secondary N) is 1. The Morgan fingerprint density at radius 1 is 1.21 bits per heavy atom. The van der Waals surface area contributed by atoms with Crippen molar-refractivity contribution in [2.75, 3.05) is 0 Å². The van der Waals surface area contributed by atoms with E-state index in [1.54, 1.807) is 13.0 Å². The van der Waals surface area contributed by atoms with Crippen LogP contribution in [0.5, 0.6) is 0 Å². The molecule has 0 heterocycles. The lowest BCUT2D eigenvalue weighted by molar-refractivity contribution is -0.384. The van der Waals surface area contributed by atoms with E-state index in [0.717, 1.165) is 12.1 Å². The molecule has 0 fully saturated rings. The maximum Gasteiger partial charge on any atom is 0.416 e. The lowest BCUT2D eigenvalue weighted by Crippen LogP contribution is -2.39. The van der Waals surface area contributed by atoms with Crippen molar-refractivity contribution in [3.63, 3.8) is 0 Å². The van der Waals surface area contributed by atoms with Crippen molar-refractivity contribution in [3.8, 4) is 0 Å². The van der Waals surface area contributed by atoms with Gasteiger partial charge in [-0.25, -0.2) is 0 Å². The zero-order valence-corrected chi connectivity index (χ0v) is 14.9. The second-order valence-electron chi connectivity index (χ2n) is 6.25. The molecule has 0 saturated carbocycles. The number of nitro benzene ring substituents is 1. The summed E-state index contributed by atoms with van der Waals surface area (Å²) in [7, 11) is 0. The van der Waals surface area contributed by atoms with Crippen molar-refractivity contribution in [3.05, 3.63) is 75.3 Å². The van der Waals surface area contributed by atoms with E-state index < -0.39 is 34.7 Å². The number of non-ortho nitro benzene ring substituents is 1. The summed E-state index contributed by atoms with van der Waals surface area (Å²) in [6.45, 7) is 1.71. The number of benzene rings is 2. The number of hydrogen-bond acceptors (Lipinski definition) is 4. The molecule has 0 aromatic heterocycles. The first-order valence-corrected chi connectivity index (χ1v) is 8.49. The molecule has 2 aromatic carbocycles. The summed E-state index contributed by atoms with van der Waals surface area (Å²) in [5.74, 6) is -0.460. The van der Waals surface area contributed by atoms with E-state index in [2.05, 4.69) is 5.32 Å². The minimum absolute atomic E-state index is 0.127. The Bertz CT molecular complexity index is 838. The maximum absolute atomic E-state index is 12.6. The molecule has 150 valence electrons. The fourth-order valence-corrected chi connectivity index (χ4v) is 2.73. The highest BCUT2D eigenvalue weighted by Gasteiger charge is 2.30. The molecule has 2 atom stereocenters. The third-order valence-corrected chi connectivity index (χ3v) is 4.23. The molecular formula is C19H19F3N2O4. The van der Waals surface area contributed by atoms with Crippen LogP contribution in [0.3, 0.4) is 0 Å². The lowest BCUT2D eigenvalue weighted by atomic mass is 9.98. The van der Waals surface area contributed by atoms with Crippen LogP contribution in [0, 0.1) is 10.1 Å². The number of carbonyl (C=O) groups is 1. The fraction of sp³-hybridized carbons (Fsp3) is 0.316. The topological polar surface area (TPSA) is 92.5 Å². The van der Waals surface area contributed by atoms with Crippen LogP contribution in [0.2, 0.25) is 0 Å². The van der Waals surface area contributed by atoms with Gasteiger partial charge in [0.1, 0.15) is 0 Å². The van der Waals surface area contributed by atoms with Gasteiger partial charge in [0.25, 0.3) is 5.69 Å². The SMILES string of the molecule is CC[C@@H](NC(=O)Cc1cccc([N+](=O)[O-])c1)[C@H](O)c1ccc(C(F)(F)F)cc1. The van der Waals surface area contributed by atoms with Crippen LogP contribution in [-0.4, -0.2) is 22.0 Å². The van der Waals surface area contributed by atoms with Gasteiger partial charge in [-0.05, 0) is 29.7 Å². The molecule has 2 rings (SSSR count). The summed E-state index contributed by atoms with van der Waals surface area (Å²) in [6.07, 6.45) is -5.46. The number of hydrogen-bond donors (Lipinski definition) is 2. The molecular weight excluding hydrogens is 377 g/mol. The summed E-state index contributed by atoms with van der Waals surface area (Å²) in [5, 5.41) is 23.8. The van der Waals surface area contributed by atoms with E-state index >= 15 is 0 Å². The van der Waals surface area contributed by atoms with Crippen molar-refractivity contribution in [1.29, 1.82) is 0 Å². The molecule has 0 saturated heterocycles. The standard InChI is InChI=1S/C19H19F3N2O4/c1-2-16(18(26)13-6-8-14(9-7-13)19(20,21)22)23-17(25)11-12-4-3-5-15(10-12)24(27)28/h3-10,16,18,26H,2,11H2,1H3,(H,23,25)/t16-,18-/m1/s1. The Hall–Kier alpha value is -2.94. The molecule has 0 aliphatic rings. The number of alkyl halides is 3. The molecule has 2 aromatic rings. The van der Waals surface area contributed by atoms with Crippen molar-refractivity contribution in [1.82, 2.24) is 5.32 Å². The summed E-state index contributed by atoms with van der Waals surface area (Å²) >= 11 is 0. The predicted molar refractivity (Wildman–Crippen MR) is 95.4 cm³/mol. The average molecular weight is 396 g/mol. The van der Waals surface area contributed by atoms with Crippen LogP contribution in [0.15, 0.2) is 48.5 Å². The van der Waals surface area contributed by atoms with Gasteiger partial charge in [0.2, 0.25) is 5.91 Å². The number of nitrogens with zero attached hydrogens (tertiary/aromatic N) is 1. The first kappa shape index (κ1) is 21.4. The summed E-state index contributed by atoms with van der Waals surface area (Å²) in [4.78, 5) is 22.5. The van der Waals surface area contributed by atoms with Crippen LogP contribution in [0.25, 0.3) is 0 Å². The molecule has 0 spiro atoms. The first-order chi connectivity index (χ1) is 13.1. The molecule has 0 radical (unpaired) electrons. The van der Waals surface area contributed by atoms with E-state index in [1.807, 2.05) is 0 Å². The summed E-state index contributed by atoms with van der Waals surface area (Å²) in [6, 6.07) is 8.99. The summed E-state index contributed by atoms with van der Waals surface area (Å²) in [5.41, 5.74) is -0.283. The number of amides is 1. The Labute approximate surface area is 159 Å². The maximum atomic E-state index is 12.6. The number of nitro groups is 1. The largest absolute Gasteiger partial charge is 0.416 e. The first-order valence-electron chi connectivity index (χ1n) is 8.49. The van der Waals surface area contributed by atoms with Gasteiger partial charge in [-0.1, -0.05) is 31.2 Å². The predicted octanol–water partition coefficient (Wildman–Crippen LogP) is 3.78. The smallest absolute Gasteiger partial charge is 0.386 e. The number of halogens is 3. The highest BCUT2D eigenvalue weighted by Crippen LogP contribution is 2.30. The van der Waals surface area contributed by atoms with Gasteiger partial charge in [-0.15, -0.1) is 0 Å². The monoisotopic (exact) mass is 396 g/mol. The molecule has 0 unspecified atom stereocenters. The molecule has 9 heteroatoms. The molecule has 0 aliphatic carbocycles. The zero-order chi connectivity index (χ0) is 20.9. The molecule has 28 heavy (non-hydrogen) atoms. The van der Waals surface area contributed by atoms with Gasteiger partial charge in [0, 0.05) is 12.1 Å². The van der Waals surface area contributed by atoms with Gasteiger partial charge in [0.05, 0.1) is 29.1 Å². The third-order valence-electron chi connectivity index (χ3n) is 4.23. The Morgan fingerprint density at radius 2 is 1.86 bits per heavy atom. The Balaban J connectivity index is 2.05. The van der Waals surface area contributed by atoms with E-state index in [4.69, 9.17) is 0 Å². The average Bonchev–Trinajstić information content (AvgIpc) is 2.65. The quantitative estimate of drug-likeness (QED) is 0.550. The zero-order valence-electron chi connectivity index (χ0n) is 14.9. The van der Waals surface area contributed by atoms with Gasteiger partial charge in [-0.2, -0.15) is 13.2 Å². The van der Waals surface area contributed by atoms with Gasteiger partial charge >= 0.3 is 6.18 Å². The van der Waals surface area contributed by atoms with Gasteiger partial charge in [-0.3, -0.25) is 14.9 Å². The van der Waals surface area contributed by atoms with E-state index in [9.17, 15) is 33.2 Å². The van der Waals surface area contributed by atoms with Crippen LogP contribution >= 0.6 is 0 Å². The van der Waals surface area contributed by atoms with Crippen LogP contribution < -0.4 is 5.32 Å². The number of rotatable bonds is 7. The number of aliphatic hydroxyl groups is 1. The van der Waals surface area contributed by atoms with Crippen LogP contribution in [0.1, 0.15) is 36.1 Å². The highest BCUT2D eigenvalue weighted by molar-refractivity contribution is 5.79. The fourth-order valence-electron chi connectivity index (χ4n) is 2.73. The summed E-state index contributed by atoms with van der Waals surface area (Å²) < 4.78 is 37.9. The second kappa shape index (κ2) is 8.83. The third kappa shape index (κ3) is 5.53. The minimum atomic E-state index is -4.47. The normalized spacial score (nSPS) is 13.6. The molecule has 0 bridgehead atoms. The molecule has 6 nitrogen and oxygen atoms in total. The molecule has 1 amide bonds. The van der Waals surface area contributed by atoms with Crippen molar-refractivity contribution in [2.24, 2.45) is 0 Å². The molecule has 2 N–H and O–H groups in total. The number of aliphatic hydroxyl groups excluding tert-OH is 1. The minimum Gasteiger partial charge on any atom is -0.386 e. The van der Waals surface area contributed by atoms with E-state index in [0.29, 0.717) is 12.0 Å². The van der Waals surface area contributed by atoms with Gasteiger partial charge in [0.15, 0.2) is 0 Å². The van der Waals surface area contributed by atoms with Crippen molar-refractivity contribution in [2.45, 2.75) is 38.1 Å². The van der Waals surface area contributed by atoms with Crippen molar-refractivity contribution >= 4 is 11.6 Å². The Morgan fingerprint density at radius 3 is 2.39 bits per heavy atom. The van der Waals surface area contributed by atoms with Crippen LogP contribution in [0.4, 0.5) is 18.9 Å². The highest BCUT2D eigenvalue weighted by atomic mass is 19.4.